The topological polar surface area (TPSA) is 143 Å². The first kappa shape index (κ1) is 32.6. The maximum absolute atomic E-state index is 13.6. The van der Waals surface area contributed by atoms with Crippen molar-refractivity contribution in [3.63, 3.8) is 0 Å². The molecule has 1 fully saturated rings. The number of likely N-dealkylation sites (tertiary alicyclic amines) is 1. The number of hydrogen-bond donors (Lipinski definition) is 3. The second-order valence-electron chi connectivity index (χ2n) is 11.5. The lowest BCUT2D eigenvalue weighted by atomic mass is 10.0. The summed E-state index contributed by atoms with van der Waals surface area (Å²) in [5.74, 6) is -1.93. The van der Waals surface area contributed by atoms with Crippen molar-refractivity contribution in [3.05, 3.63) is 35.9 Å². The minimum Gasteiger partial charge on any atom is -0.467 e. The summed E-state index contributed by atoms with van der Waals surface area (Å²) in [5.41, 5.74) is 0.0868. The standard InChI is InChI=1S/C29H44N4O7/c1-18(2)16-21(32-28(38)40-29(4,5)6)25(35)30-19(3)24(34)31-22(17-20-12-9-8-10-13-20)26(36)33-15-11-14-23(33)27(37)39-7/h8-10,12-13,18-19,21-23H,11,14-17H2,1-7H3,(H,30,35)(H,31,34)(H,32,38)/t19-,21-,22+,23-/m0/s1. The number of esters is 1. The van der Waals surface area contributed by atoms with Crippen LogP contribution in [0.2, 0.25) is 0 Å². The van der Waals surface area contributed by atoms with Crippen molar-refractivity contribution >= 4 is 29.8 Å². The summed E-state index contributed by atoms with van der Waals surface area (Å²) in [6, 6.07) is 5.61. The van der Waals surface area contributed by atoms with Gasteiger partial charge in [0.15, 0.2) is 0 Å². The Morgan fingerprint density at radius 1 is 0.950 bits per heavy atom. The molecule has 1 heterocycles. The molecule has 1 aliphatic heterocycles. The number of benzene rings is 1. The number of carbonyl (C=O) groups excluding carboxylic acids is 5. The predicted molar refractivity (Wildman–Crippen MR) is 149 cm³/mol. The van der Waals surface area contributed by atoms with Crippen LogP contribution < -0.4 is 16.0 Å². The molecule has 11 nitrogen and oxygen atoms in total. The van der Waals surface area contributed by atoms with Gasteiger partial charge < -0.3 is 30.3 Å². The first-order valence-corrected chi connectivity index (χ1v) is 13.7. The van der Waals surface area contributed by atoms with Gasteiger partial charge in [-0.3, -0.25) is 14.4 Å². The molecule has 0 unspecified atom stereocenters. The monoisotopic (exact) mass is 560 g/mol. The Morgan fingerprint density at radius 2 is 1.60 bits per heavy atom. The molecule has 1 aromatic rings. The van der Waals surface area contributed by atoms with Crippen molar-refractivity contribution in [2.45, 2.75) is 97.0 Å². The van der Waals surface area contributed by atoms with Gasteiger partial charge in [0.1, 0.15) is 29.8 Å². The van der Waals surface area contributed by atoms with Crippen molar-refractivity contribution < 1.29 is 33.4 Å². The van der Waals surface area contributed by atoms with E-state index in [1.165, 1.54) is 18.9 Å². The van der Waals surface area contributed by atoms with Gasteiger partial charge in [-0.05, 0) is 58.4 Å². The van der Waals surface area contributed by atoms with E-state index in [0.29, 0.717) is 25.8 Å². The average Bonchev–Trinajstić information content (AvgIpc) is 3.36. The molecule has 3 N–H and O–H groups in total. The number of rotatable bonds is 11. The van der Waals surface area contributed by atoms with Crippen LogP contribution in [0.15, 0.2) is 30.3 Å². The zero-order chi connectivity index (χ0) is 30.0. The fourth-order valence-corrected chi connectivity index (χ4v) is 4.49. The second-order valence-corrected chi connectivity index (χ2v) is 11.5. The lowest BCUT2D eigenvalue weighted by Gasteiger charge is -2.29. The molecule has 0 bridgehead atoms. The number of nitrogens with zero attached hydrogens (tertiary/aromatic N) is 1. The van der Waals surface area contributed by atoms with Crippen LogP contribution in [0.5, 0.6) is 0 Å². The van der Waals surface area contributed by atoms with Crippen molar-refractivity contribution in [2.24, 2.45) is 5.92 Å². The zero-order valence-corrected chi connectivity index (χ0v) is 24.6. The summed E-state index contributed by atoms with van der Waals surface area (Å²) < 4.78 is 10.2. The van der Waals surface area contributed by atoms with Gasteiger partial charge in [-0.25, -0.2) is 9.59 Å². The van der Waals surface area contributed by atoms with Crippen molar-refractivity contribution in [2.75, 3.05) is 13.7 Å². The molecular weight excluding hydrogens is 516 g/mol. The largest absolute Gasteiger partial charge is 0.467 e. The fraction of sp³-hybridized carbons (Fsp3) is 0.621. The molecule has 0 spiro atoms. The minimum atomic E-state index is -1.01. The van der Waals surface area contributed by atoms with Gasteiger partial charge in [-0.2, -0.15) is 0 Å². The summed E-state index contributed by atoms with van der Waals surface area (Å²) in [6.45, 7) is 10.9. The summed E-state index contributed by atoms with van der Waals surface area (Å²) in [5, 5.41) is 8.00. The van der Waals surface area contributed by atoms with E-state index in [9.17, 15) is 24.0 Å². The van der Waals surface area contributed by atoms with Crippen LogP contribution in [0.3, 0.4) is 0 Å². The summed E-state index contributed by atoms with van der Waals surface area (Å²) >= 11 is 0. The number of alkyl carbamates (subject to hydrolysis) is 1. The Kier molecular flexibility index (Phi) is 11.9. The van der Waals surface area contributed by atoms with Gasteiger partial charge in [-0.1, -0.05) is 44.2 Å². The highest BCUT2D eigenvalue weighted by Crippen LogP contribution is 2.20. The van der Waals surface area contributed by atoms with Crippen LogP contribution in [0.1, 0.15) is 66.4 Å². The first-order chi connectivity index (χ1) is 18.7. The highest BCUT2D eigenvalue weighted by atomic mass is 16.6. The molecule has 0 aliphatic carbocycles. The zero-order valence-electron chi connectivity index (χ0n) is 24.6. The van der Waals surface area contributed by atoms with Crippen LogP contribution in [0, 0.1) is 5.92 Å². The second kappa shape index (κ2) is 14.7. The fourth-order valence-electron chi connectivity index (χ4n) is 4.49. The van der Waals surface area contributed by atoms with Crippen LogP contribution in [-0.4, -0.2) is 78.1 Å². The Bertz CT molecular complexity index is 1040. The van der Waals surface area contributed by atoms with E-state index in [-0.39, 0.29) is 12.3 Å². The predicted octanol–water partition coefficient (Wildman–Crippen LogP) is 2.32. The molecule has 1 saturated heterocycles. The van der Waals surface area contributed by atoms with Crippen molar-refractivity contribution in [1.82, 2.24) is 20.9 Å². The number of ether oxygens (including phenoxy) is 2. The lowest BCUT2D eigenvalue weighted by molar-refractivity contribution is -0.152. The molecule has 0 saturated carbocycles. The smallest absolute Gasteiger partial charge is 0.408 e. The third kappa shape index (κ3) is 10.2. The molecule has 1 aromatic carbocycles. The van der Waals surface area contributed by atoms with Gasteiger partial charge in [-0.15, -0.1) is 0 Å². The Labute approximate surface area is 236 Å². The number of amides is 4. The molecule has 4 atom stereocenters. The van der Waals surface area contributed by atoms with E-state index in [0.717, 1.165) is 5.56 Å². The van der Waals surface area contributed by atoms with E-state index in [1.807, 2.05) is 44.2 Å². The van der Waals surface area contributed by atoms with Crippen LogP contribution >= 0.6 is 0 Å². The normalized spacial score (nSPS) is 17.4. The van der Waals surface area contributed by atoms with Crippen molar-refractivity contribution in [3.8, 4) is 0 Å². The average molecular weight is 561 g/mol. The van der Waals surface area contributed by atoms with Gasteiger partial charge >= 0.3 is 12.1 Å². The molecule has 11 heteroatoms. The van der Waals surface area contributed by atoms with Gasteiger partial charge in [0, 0.05) is 13.0 Å². The number of methoxy groups -OCH3 is 1. The molecule has 4 amide bonds. The van der Waals surface area contributed by atoms with Gasteiger partial charge in [0.05, 0.1) is 7.11 Å². The molecule has 222 valence electrons. The van der Waals surface area contributed by atoms with Gasteiger partial charge in [0.25, 0.3) is 0 Å². The van der Waals surface area contributed by atoms with E-state index in [2.05, 4.69) is 16.0 Å². The molecule has 0 radical (unpaired) electrons. The van der Waals surface area contributed by atoms with Crippen LogP contribution in [-0.2, 0) is 35.1 Å². The van der Waals surface area contributed by atoms with E-state index >= 15 is 0 Å². The molecule has 0 aromatic heterocycles. The highest BCUT2D eigenvalue weighted by Gasteiger charge is 2.39. The van der Waals surface area contributed by atoms with Gasteiger partial charge in [0.2, 0.25) is 17.7 Å². The third-order valence-electron chi connectivity index (χ3n) is 6.37. The summed E-state index contributed by atoms with van der Waals surface area (Å²) in [7, 11) is 1.28. The number of hydrogen-bond acceptors (Lipinski definition) is 7. The Hall–Kier alpha value is -3.63. The Balaban J connectivity index is 2.15. The maximum atomic E-state index is 13.6. The van der Waals surface area contributed by atoms with E-state index in [4.69, 9.17) is 9.47 Å². The Morgan fingerprint density at radius 3 is 2.17 bits per heavy atom. The molecule has 1 aliphatic rings. The quantitative estimate of drug-likeness (QED) is 0.353. The SMILES string of the molecule is COC(=O)[C@@H]1CCCN1C(=O)[C@@H](Cc1ccccc1)NC(=O)[C@H](C)NC(=O)[C@H](CC(C)C)NC(=O)OC(C)(C)C. The highest BCUT2D eigenvalue weighted by molar-refractivity contribution is 5.95. The minimum absolute atomic E-state index is 0.0749. The third-order valence-corrected chi connectivity index (χ3v) is 6.37. The van der Waals surface area contributed by atoms with Crippen LogP contribution in [0.25, 0.3) is 0 Å². The maximum Gasteiger partial charge on any atom is 0.408 e. The number of carbonyl (C=O) groups is 5. The van der Waals surface area contributed by atoms with E-state index in [1.54, 1.807) is 20.8 Å². The first-order valence-electron chi connectivity index (χ1n) is 13.7. The van der Waals surface area contributed by atoms with Crippen LogP contribution in [0.4, 0.5) is 4.79 Å². The molecular formula is C29H44N4O7. The van der Waals surface area contributed by atoms with E-state index < -0.39 is 59.6 Å². The number of nitrogens with one attached hydrogen (secondary N) is 3. The summed E-state index contributed by atoms with van der Waals surface area (Å²) in [4.78, 5) is 65.9. The molecule has 40 heavy (non-hydrogen) atoms. The summed E-state index contributed by atoms with van der Waals surface area (Å²) in [6.07, 6.45) is 0.931. The molecule has 2 rings (SSSR count). The lowest BCUT2D eigenvalue weighted by Crippen LogP contribution is -2.57. The van der Waals surface area contributed by atoms with Crippen molar-refractivity contribution in [1.29, 1.82) is 0 Å².